The number of hydrogen-bond donors (Lipinski definition) is 0. The summed E-state index contributed by atoms with van der Waals surface area (Å²) >= 11 is 0. The summed E-state index contributed by atoms with van der Waals surface area (Å²) < 4.78 is 26.9. The maximum Gasteiger partial charge on any atom is 0.161 e. The minimum Gasteiger partial charge on any atom is -0.378 e. The molecule has 4 unspecified atom stereocenters. The molecule has 5 aliphatic rings. The van der Waals surface area contributed by atoms with E-state index in [1.807, 2.05) is 20.2 Å². The Hall–Kier alpha value is -3.20. The first kappa shape index (κ1) is 23.9. The minimum atomic E-state index is -0.510. The van der Waals surface area contributed by atoms with Gasteiger partial charge in [0.05, 0.1) is 6.61 Å². The number of allylic oxidation sites excluding steroid dienone is 3. The summed E-state index contributed by atoms with van der Waals surface area (Å²) in [5, 5.41) is 0. The van der Waals surface area contributed by atoms with E-state index in [1.54, 1.807) is 12.1 Å². The van der Waals surface area contributed by atoms with Crippen molar-refractivity contribution in [2.45, 2.75) is 55.8 Å². The number of anilines is 1. The number of ether oxygens (including phenoxy) is 2. The second-order valence-electron chi connectivity index (χ2n) is 11.6. The van der Waals surface area contributed by atoms with Crippen molar-refractivity contribution in [3.63, 3.8) is 0 Å². The van der Waals surface area contributed by atoms with Crippen LogP contribution in [-0.4, -0.2) is 37.7 Å². The van der Waals surface area contributed by atoms with Gasteiger partial charge < -0.3 is 14.4 Å². The van der Waals surface area contributed by atoms with Gasteiger partial charge in [0.15, 0.2) is 11.4 Å². The number of rotatable bonds is 2. The van der Waals surface area contributed by atoms with Crippen LogP contribution in [0.2, 0.25) is 0 Å². The fraction of sp³-hybridized carbons (Fsp3) is 0.424. The van der Waals surface area contributed by atoms with Crippen molar-refractivity contribution in [1.29, 1.82) is 0 Å². The number of carbonyl (C=O) groups is 1. The van der Waals surface area contributed by atoms with Crippen LogP contribution in [0.15, 0.2) is 71.3 Å². The number of fused-ring (bicyclic) bond motifs is 3. The summed E-state index contributed by atoms with van der Waals surface area (Å²) in [6.07, 6.45) is 6.96. The van der Waals surface area contributed by atoms with Gasteiger partial charge in [0.2, 0.25) is 0 Å². The largest absolute Gasteiger partial charge is 0.378 e. The van der Waals surface area contributed by atoms with E-state index >= 15 is 0 Å². The van der Waals surface area contributed by atoms with Crippen molar-refractivity contribution in [3.8, 4) is 11.8 Å². The van der Waals surface area contributed by atoms with Crippen LogP contribution in [0.4, 0.5) is 10.1 Å². The highest BCUT2D eigenvalue weighted by Crippen LogP contribution is 2.68. The lowest BCUT2D eigenvalue weighted by Crippen LogP contribution is -2.35. The molecule has 5 atom stereocenters. The maximum absolute atomic E-state index is 13.4. The Bertz CT molecular complexity index is 1430. The molecular formula is C33H32FNO3. The van der Waals surface area contributed by atoms with E-state index in [1.165, 1.54) is 28.9 Å². The van der Waals surface area contributed by atoms with Crippen molar-refractivity contribution in [2.24, 2.45) is 11.8 Å². The van der Waals surface area contributed by atoms with E-state index in [2.05, 4.69) is 41.0 Å². The van der Waals surface area contributed by atoms with Crippen LogP contribution >= 0.6 is 0 Å². The Labute approximate surface area is 223 Å². The molecule has 1 saturated carbocycles. The van der Waals surface area contributed by atoms with Gasteiger partial charge >= 0.3 is 0 Å². The van der Waals surface area contributed by atoms with Crippen LogP contribution < -0.4 is 4.90 Å². The van der Waals surface area contributed by atoms with Crippen molar-refractivity contribution < 1.29 is 18.7 Å². The van der Waals surface area contributed by atoms with Crippen LogP contribution in [-0.2, 0) is 14.3 Å². The van der Waals surface area contributed by atoms with Gasteiger partial charge in [-0.1, -0.05) is 24.0 Å². The first-order chi connectivity index (χ1) is 18.4. The highest BCUT2D eigenvalue weighted by Gasteiger charge is 2.78. The topological polar surface area (TPSA) is 42.1 Å². The van der Waals surface area contributed by atoms with Crippen molar-refractivity contribution in [3.05, 3.63) is 88.3 Å². The van der Waals surface area contributed by atoms with Gasteiger partial charge in [-0.3, -0.25) is 4.79 Å². The Balaban J connectivity index is 1.29. The molecule has 2 saturated heterocycles. The zero-order chi connectivity index (χ0) is 26.1. The molecule has 0 radical (unpaired) electrons. The lowest BCUT2D eigenvalue weighted by molar-refractivity contribution is -0.114. The monoisotopic (exact) mass is 509 g/mol. The van der Waals surface area contributed by atoms with Gasteiger partial charge in [-0.25, -0.2) is 4.39 Å². The van der Waals surface area contributed by atoms with Gasteiger partial charge in [-0.15, -0.1) is 0 Å². The Morgan fingerprint density at radius 3 is 2.55 bits per heavy atom. The molecule has 0 N–H and O–H groups in total. The average Bonchev–Trinajstić information content (AvgIpc) is 3.51. The summed E-state index contributed by atoms with van der Waals surface area (Å²) in [7, 11) is 4.10. The summed E-state index contributed by atoms with van der Waals surface area (Å²) in [6.45, 7) is 0.501. The molecule has 0 amide bonds. The first-order valence-electron chi connectivity index (χ1n) is 13.7. The predicted octanol–water partition coefficient (Wildman–Crippen LogP) is 5.93. The fourth-order valence-corrected chi connectivity index (χ4v) is 7.49. The smallest absolute Gasteiger partial charge is 0.161 e. The third-order valence-electron chi connectivity index (χ3n) is 9.42. The molecule has 194 valence electrons. The Morgan fingerprint density at radius 2 is 1.79 bits per heavy atom. The van der Waals surface area contributed by atoms with E-state index < -0.39 is 11.2 Å². The molecule has 3 aliphatic carbocycles. The molecule has 7 rings (SSSR count). The summed E-state index contributed by atoms with van der Waals surface area (Å²) in [5.41, 5.74) is 6.10. The van der Waals surface area contributed by atoms with Crippen LogP contribution in [0.1, 0.15) is 55.8 Å². The molecule has 4 nitrogen and oxygen atoms in total. The normalized spacial score (nSPS) is 33.1. The number of epoxide rings is 1. The number of benzene rings is 2. The summed E-state index contributed by atoms with van der Waals surface area (Å²) in [6, 6.07) is 15.0. The Morgan fingerprint density at radius 1 is 1.00 bits per heavy atom. The molecule has 5 heteroatoms. The van der Waals surface area contributed by atoms with Crippen LogP contribution in [0.5, 0.6) is 0 Å². The zero-order valence-corrected chi connectivity index (χ0v) is 21.9. The molecule has 2 heterocycles. The van der Waals surface area contributed by atoms with Crippen LogP contribution in [0.3, 0.4) is 0 Å². The number of carbonyl (C=O) groups excluding carboxylic acids is 1. The summed E-state index contributed by atoms with van der Waals surface area (Å²) in [4.78, 5) is 14.4. The number of hydrogen-bond acceptors (Lipinski definition) is 4. The SMILES string of the molecule is CN(C)c1ccc(C2OCC34O[C@@]3(C#Cc3ccc(F)cc3)CCC4C3CCC4=CC(=O)CCC4=C23)cc1. The molecule has 2 aliphatic heterocycles. The average molecular weight is 510 g/mol. The number of ketones is 1. The van der Waals surface area contributed by atoms with Crippen LogP contribution in [0.25, 0.3) is 0 Å². The summed E-state index contributed by atoms with van der Waals surface area (Å²) in [5.74, 6) is 7.38. The molecule has 2 aromatic rings. The third-order valence-corrected chi connectivity index (χ3v) is 9.42. The van der Waals surface area contributed by atoms with E-state index in [-0.39, 0.29) is 17.7 Å². The second kappa shape index (κ2) is 8.66. The lowest BCUT2D eigenvalue weighted by Gasteiger charge is -2.37. The van der Waals surface area contributed by atoms with Crippen molar-refractivity contribution in [1.82, 2.24) is 0 Å². The molecule has 1 spiro atoms. The number of nitrogens with zero attached hydrogens (tertiary/aromatic N) is 1. The number of halogens is 1. The quantitative estimate of drug-likeness (QED) is 0.372. The Kier molecular flexibility index (Phi) is 5.44. The molecule has 0 bridgehead atoms. The lowest BCUT2D eigenvalue weighted by atomic mass is 9.66. The molecule has 38 heavy (non-hydrogen) atoms. The molecule has 0 aromatic heterocycles. The second-order valence-corrected chi connectivity index (χ2v) is 11.6. The standard InChI is InChI=1S/C33H32FNO3/c1-35(2)25-10-5-22(6-11-25)31-30-27-14-12-26(36)19-23(27)7-13-28(30)29-16-18-32(33(29,38-32)20-37-31)17-15-21-3-8-24(34)9-4-21/h3-6,8-11,19,28-29,31H,7,12-14,16,18,20H2,1-2H3/t28?,29?,31?,32-,33?/m0/s1. The minimum absolute atomic E-state index is 0.157. The van der Waals surface area contributed by atoms with Gasteiger partial charge in [-0.2, -0.15) is 0 Å². The fourth-order valence-electron chi connectivity index (χ4n) is 7.49. The van der Waals surface area contributed by atoms with E-state index in [9.17, 15) is 9.18 Å². The highest BCUT2D eigenvalue weighted by molar-refractivity contribution is 5.93. The maximum atomic E-state index is 13.4. The first-order valence-corrected chi connectivity index (χ1v) is 13.7. The van der Waals surface area contributed by atoms with Crippen molar-refractivity contribution >= 4 is 11.5 Å². The molecular weight excluding hydrogens is 477 g/mol. The third kappa shape index (κ3) is 3.61. The zero-order valence-electron chi connectivity index (χ0n) is 21.9. The van der Waals surface area contributed by atoms with Crippen molar-refractivity contribution in [2.75, 3.05) is 25.6 Å². The van der Waals surface area contributed by atoms with Gasteiger partial charge in [0.1, 0.15) is 17.5 Å². The van der Waals surface area contributed by atoms with Gasteiger partial charge in [0, 0.05) is 37.7 Å². The van der Waals surface area contributed by atoms with E-state index in [0.717, 1.165) is 48.9 Å². The van der Waals surface area contributed by atoms with Gasteiger partial charge in [-0.05, 0) is 103 Å². The van der Waals surface area contributed by atoms with Crippen LogP contribution in [0, 0.1) is 29.5 Å². The van der Waals surface area contributed by atoms with E-state index in [0.29, 0.717) is 24.9 Å². The molecule has 3 fully saturated rings. The van der Waals surface area contributed by atoms with E-state index in [4.69, 9.17) is 9.47 Å². The van der Waals surface area contributed by atoms with Gasteiger partial charge in [0.25, 0.3) is 0 Å². The predicted molar refractivity (Wildman–Crippen MR) is 144 cm³/mol. The molecule has 2 aromatic carbocycles. The highest BCUT2D eigenvalue weighted by atomic mass is 19.1.